The molecule has 0 aliphatic carbocycles. The number of carbonyl (C=O) groups excluding carboxylic acids is 2. The van der Waals surface area contributed by atoms with E-state index in [1.54, 1.807) is 0 Å². The predicted molar refractivity (Wildman–Crippen MR) is 254 cm³/mol. The van der Waals surface area contributed by atoms with Gasteiger partial charge < -0.3 is 174 Å². The number of ether oxygens (including phenoxy) is 13. The lowest BCUT2D eigenvalue weighted by molar-refractivity contribution is -0.392. The molecule has 35 atom stereocenters. The lowest BCUT2D eigenvalue weighted by Gasteiger charge is -2.50. The maximum Gasteiger partial charge on any atom is 0.217 e. The Kier molecular flexibility index (Phi) is 24.0. The van der Waals surface area contributed by atoms with Crippen LogP contribution < -0.4 is 10.6 Å². The van der Waals surface area contributed by atoms with Crippen LogP contribution in [0.5, 0.6) is 0 Å². The van der Waals surface area contributed by atoms with Crippen LogP contribution in [0.4, 0.5) is 0 Å². The summed E-state index contributed by atoms with van der Waals surface area (Å²) >= 11 is 0. The molecule has 0 spiro atoms. The maximum atomic E-state index is 12.8. The first-order valence-electron chi connectivity index (χ1n) is 26.5. The maximum absolute atomic E-state index is 12.8. The fraction of sp³-hybridized carbons (Fsp3) is 0.957. The van der Waals surface area contributed by atoms with Gasteiger partial charge in [0.1, 0.15) is 165 Å². The van der Waals surface area contributed by atoms with Gasteiger partial charge in [-0.05, 0) is 6.92 Å². The van der Waals surface area contributed by atoms with E-state index in [0.717, 1.165) is 13.8 Å². The number of nitrogens with one attached hydrogen (secondary N) is 2. The van der Waals surface area contributed by atoms with Gasteiger partial charge in [0.05, 0.1) is 45.7 Å². The van der Waals surface area contributed by atoms with Gasteiger partial charge in [0.2, 0.25) is 11.8 Å². The van der Waals surface area contributed by atoms with Gasteiger partial charge in [-0.2, -0.15) is 0 Å². The molecule has 0 radical (unpaired) electrons. The van der Waals surface area contributed by atoms with Crippen molar-refractivity contribution in [3.63, 3.8) is 0 Å². The molecule has 0 unspecified atom stereocenters. The molecule has 7 aliphatic heterocycles. The van der Waals surface area contributed by atoms with E-state index in [1.807, 2.05) is 0 Å². The molecule has 7 saturated heterocycles. The minimum Gasteiger partial charge on any atom is -0.394 e. The van der Waals surface area contributed by atoms with Crippen LogP contribution in [0.3, 0.4) is 0 Å². The number of rotatable bonds is 20. The molecule has 37 heteroatoms. The van der Waals surface area contributed by atoms with Crippen molar-refractivity contribution in [2.75, 3.05) is 39.6 Å². The average Bonchev–Trinajstić information content (AvgIpc) is 3.50. The zero-order valence-electron chi connectivity index (χ0n) is 44.5. The molecule has 0 aromatic carbocycles. The Morgan fingerprint density at radius 2 is 0.687 bits per heavy atom. The van der Waals surface area contributed by atoms with Gasteiger partial charge in [0, 0.05) is 13.8 Å². The Balaban J connectivity index is 1.12. The molecule has 22 N–H and O–H groups in total. The Hall–Kier alpha value is -2.38. The van der Waals surface area contributed by atoms with Gasteiger partial charge in [-0.1, -0.05) is 0 Å². The number of aliphatic hydroxyl groups is 20. The van der Waals surface area contributed by atoms with Crippen molar-refractivity contribution in [2.24, 2.45) is 0 Å². The minimum absolute atomic E-state index is 0.748. The van der Waals surface area contributed by atoms with Gasteiger partial charge in [-0.3, -0.25) is 9.59 Å². The van der Waals surface area contributed by atoms with E-state index in [1.165, 1.54) is 6.92 Å². The Morgan fingerprint density at radius 1 is 0.337 bits per heavy atom. The van der Waals surface area contributed by atoms with E-state index in [-0.39, 0.29) is 0 Å². The average molecular weight is 1220 g/mol. The van der Waals surface area contributed by atoms with Crippen LogP contribution in [0.2, 0.25) is 0 Å². The van der Waals surface area contributed by atoms with Crippen LogP contribution in [0, 0.1) is 0 Å². The monoisotopic (exact) mass is 1220 g/mol. The molecule has 2 amide bonds. The minimum atomic E-state index is -2.32. The number of amides is 2. The molecular weight excluding hydrogens is 1140 g/mol. The van der Waals surface area contributed by atoms with E-state index in [2.05, 4.69) is 10.6 Å². The fourth-order valence-electron chi connectivity index (χ4n) is 10.5. The van der Waals surface area contributed by atoms with Crippen molar-refractivity contribution in [3.8, 4) is 0 Å². The lowest BCUT2D eigenvalue weighted by atomic mass is 9.93. The van der Waals surface area contributed by atoms with Crippen LogP contribution in [-0.4, -0.2) is 368 Å². The highest BCUT2D eigenvalue weighted by atomic mass is 16.8. The van der Waals surface area contributed by atoms with Crippen LogP contribution >= 0.6 is 0 Å². The molecule has 482 valence electrons. The Bertz CT molecular complexity index is 2040. The second-order valence-electron chi connectivity index (χ2n) is 21.1. The van der Waals surface area contributed by atoms with Crippen LogP contribution in [0.1, 0.15) is 20.8 Å². The Labute approximate surface area is 470 Å². The highest BCUT2D eigenvalue weighted by Gasteiger charge is 2.58. The van der Waals surface area contributed by atoms with E-state index >= 15 is 0 Å². The second kappa shape index (κ2) is 29.3. The summed E-state index contributed by atoms with van der Waals surface area (Å²) in [7, 11) is 0. The summed E-state index contributed by atoms with van der Waals surface area (Å²) in [6.45, 7) is -2.28. The molecule has 83 heavy (non-hydrogen) atoms. The zero-order chi connectivity index (χ0) is 61.2. The molecule has 7 aliphatic rings. The molecular formula is C46H78N2O35. The van der Waals surface area contributed by atoms with Crippen molar-refractivity contribution in [1.29, 1.82) is 0 Å². The normalized spacial score (nSPS) is 50.8. The van der Waals surface area contributed by atoms with Gasteiger partial charge >= 0.3 is 0 Å². The smallest absolute Gasteiger partial charge is 0.217 e. The highest BCUT2D eigenvalue weighted by Crippen LogP contribution is 2.37. The summed E-state index contributed by atoms with van der Waals surface area (Å²) in [5.41, 5.74) is 0. The largest absolute Gasteiger partial charge is 0.394 e. The standard InChI is InChI=1S/C46H78N2O35/c1-10-21(55)28(62)31(65)42(73-10)72-9-18-37(26(60)19(40(70)74-18)47-11(2)53)80-41-20(48-12(3)54)27(61)36(16(7-52)78-41)81-45-34(68)38(24(58)15(6-51)77-45)83-46-35(69)39(82-44-33(67)30(64)23(57)14(5-50)76-44)25(59)17(79-46)8-71-43-32(66)29(63)22(56)13(4-49)75-43/h10,13-46,49-52,55-70H,4-9H2,1-3H3,(H,47,53)(H,48,54)/t10-,13+,14+,15+,16+,17+,18+,19+,20+,21+,22+,23+,24+,25+,26+,27+,28+,29-,30-,31-,32-,33-,34-,35-,36+,37+,38-,39-,40+,41-,42+,43-,44+,45-,46+/m0/s1. The topological polar surface area (TPSA) is 583 Å². The summed E-state index contributed by atoms with van der Waals surface area (Å²) in [5.74, 6) is -1.64. The molecule has 0 bridgehead atoms. The first-order chi connectivity index (χ1) is 39.2. The molecule has 37 nitrogen and oxygen atoms in total. The van der Waals surface area contributed by atoms with Crippen molar-refractivity contribution in [1.82, 2.24) is 10.6 Å². The van der Waals surface area contributed by atoms with Gasteiger partial charge in [-0.25, -0.2) is 0 Å². The molecule has 0 aromatic heterocycles. The molecule has 0 saturated carbocycles. The summed E-state index contributed by atoms with van der Waals surface area (Å²) in [4.78, 5) is 24.9. The molecule has 7 rings (SSSR count). The lowest BCUT2D eigenvalue weighted by Crippen LogP contribution is -2.70. The first kappa shape index (κ1) is 68.1. The van der Waals surface area contributed by atoms with Crippen molar-refractivity contribution in [2.45, 2.75) is 236 Å². The second-order valence-corrected chi connectivity index (χ2v) is 21.1. The predicted octanol–water partition coefficient (Wildman–Crippen LogP) is -15.0. The van der Waals surface area contributed by atoms with Gasteiger partial charge in [0.25, 0.3) is 0 Å². The molecule has 0 aromatic rings. The van der Waals surface area contributed by atoms with E-state index in [9.17, 15) is 112 Å². The van der Waals surface area contributed by atoms with E-state index in [4.69, 9.17) is 61.6 Å². The van der Waals surface area contributed by atoms with Crippen LogP contribution in [0.25, 0.3) is 0 Å². The number of hydrogen-bond donors (Lipinski definition) is 22. The third-order valence-electron chi connectivity index (χ3n) is 15.3. The van der Waals surface area contributed by atoms with Gasteiger partial charge in [-0.15, -0.1) is 0 Å². The third kappa shape index (κ3) is 14.9. The number of carbonyl (C=O) groups is 2. The number of hydrogen-bond acceptors (Lipinski definition) is 35. The van der Waals surface area contributed by atoms with Crippen molar-refractivity contribution in [3.05, 3.63) is 0 Å². The summed E-state index contributed by atoms with van der Waals surface area (Å²) in [5, 5.41) is 221. The summed E-state index contributed by atoms with van der Waals surface area (Å²) < 4.78 is 74.4. The van der Waals surface area contributed by atoms with Crippen LogP contribution in [-0.2, 0) is 71.2 Å². The highest BCUT2D eigenvalue weighted by molar-refractivity contribution is 5.73. The third-order valence-corrected chi connectivity index (χ3v) is 15.3. The summed E-state index contributed by atoms with van der Waals surface area (Å²) in [6.07, 6.45) is -63.0. The van der Waals surface area contributed by atoms with E-state index in [0.29, 0.717) is 0 Å². The van der Waals surface area contributed by atoms with Crippen molar-refractivity contribution >= 4 is 11.8 Å². The number of aliphatic hydroxyl groups excluding tert-OH is 20. The SMILES string of the molecule is CC(=O)N[C@@H]1[C@@H](O)[C@H](O[C@@H]2O[C@H](CO)[C@@H](O[C@@H]3O[C@H](CO)[C@@H](O)[C@H](O[C@H]4O[C@H](CO[C@H]5O[C@H](CO)[C@@H](O)[C@H](O)[C@@H]5O)[C@@H](O)[C@H](O[C@H]5O[C@H](CO)[C@@H](O)[C@H](O)[C@@H]5O)[C@@H]4O)[C@@H]3O)[C@H](O)[C@H]2NC(C)=O)[C@@H](CO[C@@H]2O[C@@H](C)[C@@H](O)[C@@H](O)[C@@H]2O)O[C@H]1O. The quantitative estimate of drug-likeness (QED) is 0.0538. The molecule has 7 heterocycles. The Morgan fingerprint density at radius 3 is 1.19 bits per heavy atom. The van der Waals surface area contributed by atoms with Crippen LogP contribution in [0.15, 0.2) is 0 Å². The molecule has 7 fully saturated rings. The van der Waals surface area contributed by atoms with Crippen molar-refractivity contribution < 1.29 is 173 Å². The first-order valence-corrected chi connectivity index (χ1v) is 26.5. The van der Waals surface area contributed by atoms with Gasteiger partial charge in [0.15, 0.2) is 44.0 Å². The fourth-order valence-corrected chi connectivity index (χ4v) is 10.5. The van der Waals surface area contributed by atoms with E-state index < -0.39 is 266 Å². The summed E-state index contributed by atoms with van der Waals surface area (Å²) in [6, 6.07) is -3.45. The zero-order valence-corrected chi connectivity index (χ0v) is 44.5.